The average molecular weight is 301 g/mol. The van der Waals surface area contributed by atoms with Gasteiger partial charge in [0.1, 0.15) is 0 Å². The maximum Gasteiger partial charge on any atom is 0.0776 e. The third-order valence-electron chi connectivity index (χ3n) is 4.05. The van der Waals surface area contributed by atoms with E-state index in [0.29, 0.717) is 5.92 Å². The van der Waals surface area contributed by atoms with Crippen molar-refractivity contribution in [2.75, 3.05) is 0 Å². The summed E-state index contributed by atoms with van der Waals surface area (Å²) in [4.78, 5) is 0. The first-order valence-electron chi connectivity index (χ1n) is 7.66. The second kappa shape index (κ2) is 5.49. The van der Waals surface area contributed by atoms with E-state index in [1.165, 1.54) is 5.56 Å². The first-order chi connectivity index (χ1) is 9.16. The molecular weight excluding hydrogens is 272 g/mol. The maximum absolute atomic E-state index is 2.51. The third-order valence-corrected chi connectivity index (χ3v) is 8.16. The molecule has 0 amide bonds. The molecule has 1 aliphatic rings. The van der Waals surface area contributed by atoms with Crippen molar-refractivity contribution < 1.29 is 0 Å². The lowest BCUT2D eigenvalue weighted by molar-refractivity contribution is 0.816. The van der Waals surface area contributed by atoms with E-state index in [-0.39, 0.29) is 0 Å². The van der Waals surface area contributed by atoms with Crippen LogP contribution < -0.4 is 5.19 Å². The molecule has 0 fully saturated rings. The van der Waals surface area contributed by atoms with Gasteiger partial charge in [0, 0.05) is 0 Å². The van der Waals surface area contributed by atoms with E-state index in [9.17, 15) is 0 Å². The number of hydrogen-bond acceptors (Lipinski definition) is 0. The number of rotatable bonds is 4. The van der Waals surface area contributed by atoms with Crippen LogP contribution in [0.1, 0.15) is 5.56 Å². The molecule has 0 heterocycles. The number of benzene rings is 1. The van der Waals surface area contributed by atoms with Crippen LogP contribution in [0, 0.1) is 5.92 Å². The number of allylic oxidation sites excluding steroid dienone is 4. The molecule has 108 valence electrons. The van der Waals surface area contributed by atoms with Crippen LogP contribution in [0.4, 0.5) is 0 Å². The molecule has 1 aromatic rings. The van der Waals surface area contributed by atoms with Gasteiger partial charge in [-0.25, -0.2) is 0 Å². The van der Waals surface area contributed by atoms with Gasteiger partial charge >= 0.3 is 0 Å². The van der Waals surface area contributed by atoms with Crippen molar-refractivity contribution in [2.45, 2.75) is 45.7 Å². The minimum atomic E-state index is -1.19. The highest BCUT2D eigenvalue weighted by Crippen LogP contribution is 2.26. The van der Waals surface area contributed by atoms with Crippen molar-refractivity contribution in [3.63, 3.8) is 0 Å². The minimum absolute atomic E-state index is 0.605. The number of hydrogen-bond donors (Lipinski definition) is 0. The highest BCUT2D eigenvalue weighted by atomic mass is 28.3. The molecule has 2 rings (SSSR count). The molecule has 0 saturated carbocycles. The summed E-state index contributed by atoms with van der Waals surface area (Å²) < 4.78 is 0. The van der Waals surface area contributed by atoms with Crippen LogP contribution in [0.2, 0.25) is 39.3 Å². The van der Waals surface area contributed by atoms with Gasteiger partial charge in [0.2, 0.25) is 0 Å². The molecule has 1 atom stereocenters. The Morgan fingerprint density at radius 1 is 0.950 bits per heavy atom. The predicted molar refractivity (Wildman–Crippen MR) is 97.2 cm³/mol. The summed E-state index contributed by atoms with van der Waals surface area (Å²) in [5, 5.41) is 3.19. The van der Waals surface area contributed by atoms with E-state index in [1.54, 1.807) is 10.4 Å². The SMILES string of the molecule is C[Si](C)(C)C1=CC(Cc2cccc([Si](C)(C)C)c2)C=C1. The molecule has 0 spiro atoms. The fraction of sp³-hybridized carbons (Fsp3) is 0.444. The Morgan fingerprint density at radius 3 is 2.20 bits per heavy atom. The topological polar surface area (TPSA) is 0 Å². The van der Waals surface area contributed by atoms with Gasteiger partial charge in [-0.05, 0) is 17.9 Å². The summed E-state index contributed by atoms with van der Waals surface area (Å²) in [6, 6.07) is 9.28. The van der Waals surface area contributed by atoms with Gasteiger partial charge in [0.05, 0.1) is 16.1 Å². The van der Waals surface area contributed by atoms with Crippen molar-refractivity contribution >= 4 is 21.3 Å². The molecule has 20 heavy (non-hydrogen) atoms. The van der Waals surface area contributed by atoms with Crippen molar-refractivity contribution in [3.8, 4) is 0 Å². The van der Waals surface area contributed by atoms with Gasteiger partial charge in [-0.3, -0.25) is 0 Å². The lowest BCUT2D eigenvalue weighted by atomic mass is 10.0. The maximum atomic E-state index is 2.51. The fourth-order valence-electron chi connectivity index (χ4n) is 2.63. The molecule has 0 aromatic heterocycles. The van der Waals surface area contributed by atoms with Gasteiger partial charge in [-0.2, -0.15) is 0 Å². The van der Waals surface area contributed by atoms with Crippen LogP contribution in [0.3, 0.4) is 0 Å². The largest absolute Gasteiger partial charge is 0.0780 e. The standard InChI is InChI=1S/C18H28Si2/c1-19(2,3)17-9-7-8-15(13-17)12-16-10-11-18(14-16)20(4,5)6/h7-11,13-14,16H,12H2,1-6H3. The van der Waals surface area contributed by atoms with Gasteiger partial charge in [-0.15, -0.1) is 0 Å². The second-order valence-corrected chi connectivity index (χ2v) is 18.2. The van der Waals surface area contributed by atoms with Gasteiger partial charge < -0.3 is 0 Å². The van der Waals surface area contributed by atoms with Crippen molar-refractivity contribution in [2.24, 2.45) is 5.92 Å². The van der Waals surface area contributed by atoms with Crippen molar-refractivity contribution in [3.05, 3.63) is 53.3 Å². The summed E-state index contributed by atoms with van der Waals surface area (Å²) in [6.45, 7) is 14.5. The van der Waals surface area contributed by atoms with E-state index < -0.39 is 16.1 Å². The van der Waals surface area contributed by atoms with Crippen LogP contribution in [0.15, 0.2) is 47.7 Å². The smallest absolute Gasteiger partial charge is 0.0776 e. The zero-order valence-electron chi connectivity index (χ0n) is 13.8. The Balaban J connectivity index is 2.13. The molecule has 0 aliphatic heterocycles. The molecule has 0 radical (unpaired) electrons. The Labute approximate surface area is 126 Å². The van der Waals surface area contributed by atoms with Crippen LogP contribution in [-0.4, -0.2) is 16.1 Å². The highest BCUT2D eigenvalue weighted by molar-refractivity contribution is 6.88. The van der Waals surface area contributed by atoms with E-state index in [0.717, 1.165) is 6.42 Å². The van der Waals surface area contributed by atoms with Crippen molar-refractivity contribution in [1.29, 1.82) is 0 Å². The summed E-state index contributed by atoms with van der Waals surface area (Å²) >= 11 is 0. The second-order valence-electron chi connectivity index (χ2n) is 8.05. The fourth-order valence-corrected chi connectivity index (χ4v) is 5.16. The Kier molecular flexibility index (Phi) is 4.26. The molecule has 0 saturated heterocycles. The Morgan fingerprint density at radius 2 is 1.65 bits per heavy atom. The normalized spacial score (nSPS) is 19.3. The quantitative estimate of drug-likeness (QED) is 0.703. The molecule has 0 bridgehead atoms. The van der Waals surface area contributed by atoms with E-state index in [1.807, 2.05) is 0 Å². The lowest BCUT2D eigenvalue weighted by Crippen LogP contribution is -2.37. The van der Waals surface area contributed by atoms with Gasteiger partial charge in [0.25, 0.3) is 0 Å². The molecule has 0 nitrogen and oxygen atoms in total. The van der Waals surface area contributed by atoms with E-state index in [2.05, 4.69) is 81.8 Å². The van der Waals surface area contributed by atoms with E-state index in [4.69, 9.17) is 0 Å². The first-order valence-corrected chi connectivity index (χ1v) is 14.7. The zero-order chi connectivity index (χ0) is 15.0. The molecule has 1 aliphatic carbocycles. The average Bonchev–Trinajstić information content (AvgIpc) is 2.76. The van der Waals surface area contributed by atoms with Gasteiger partial charge in [0.15, 0.2) is 0 Å². The zero-order valence-corrected chi connectivity index (χ0v) is 15.8. The van der Waals surface area contributed by atoms with E-state index >= 15 is 0 Å². The van der Waals surface area contributed by atoms with Crippen LogP contribution in [0.5, 0.6) is 0 Å². The molecule has 0 N–H and O–H groups in total. The van der Waals surface area contributed by atoms with Crippen LogP contribution in [-0.2, 0) is 6.42 Å². The van der Waals surface area contributed by atoms with Gasteiger partial charge in [-0.1, -0.05) is 92.2 Å². The molecule has 2 heteroatoms. The minimum Gasteiger partial charge on any atom is -0.0780 e. The summed E-state index contributed by atoms with van der Waals surface area (Å²) in [6.07, 6.45) is 8.43. The Bertz CT molecular complexity index is 539. The third kappa shape index (κ3) is 3.83. The monoisotopic (exact) mass is 300 g/mol. The summed E-state index contributed by atoms with van der Waals surface area (Å²) in [5.41, 5.74) is 1.49. The first kappa shape index (κ1) is 15.5. The summed E-state index contributed by atoms with van der Waals surface area (Å²) in [5.74, 6) is 0.605. The molecular formula is C18H28Si2. The van der Waals surface area contributed by atoms with Crippen molar-refractivity contribution in [1.82, 2.24) is 0 Å². The summed E-state index contributed by atoms with van der Waals surface area (Å²) in [7, 11) is -2.33. The van der Waals surface area contributed by atoms with Crippen LogP contribution in [0.25, 0.3) is 0 Å². The molecule has 1 unspecified atom stereocenters. The Hall–Kier alpha value is -0.866. The predicted octanol–water partition coefficient (Wildman–Crippen LogP) is 4.76. The van der Waals surface area contributed by atoms with Crippen LogP contribution >= 0.6 is 0 Å². The highest BCUT2D eigenvalue weighted by Gasteiger charge is 2.22. The lowest BCUT2D eigenvalue weighted by Gasteiger charge is -2.18. The molecule has 1 aromatic carbocycles.